The lowest BCUT2D eigenvalue weighted by Crippen LogP contribution is -2.44. The van der Waals surface area contributed by atoms with Gasteiger partial charge < -0.3 is 9.84 Å². The number of carbonyl (C=O) groups excluding carboxylic acids is 2. The van der Waals surface area contributed by atoms with E-state index in [1.807, 2.05) is 0 Å². The standard InChI is InChI=1S/C21H18F3N5O4S/c1-20(2)17(31)28(14-4-3-12(11-25)15(10-14)21(22,23)24)19(34)29(20)16-9-13(5-6-26-16)27-18(32)33-8-7-30/h3-6,9-10,30H,7-8H2,1-2H3,(H,26,27,32). The maximum Gasteiger partial charge on any atom is 0.417 e. The van der Waals surface area contributed by atoms with E-state index in [9.17, 15) is 22.8 Å². The lowest BCUT2D eigenvalue weighted by molar-refractivity contribution is -0.137. The molecule has 0 spiro atoms. The first kappa shape index (κ1) is 24.9. The largest absolute Gasteiger partial charge is 0.447 e. The normalized spacial score (nSPS) is 15.3. The van der Waals surface area contributed by atoms with Gasteiger partial charge in [0.1, 0.15) is 18.0 Å². The fourth-order valence-electron chi connectivity index (χ4n) is 3.32. The second-order valence-corrected chi connectivity index (χ2v) is 7.91. The Kier molecular flexibility index (Phi) is 6.76. The van der Waals surface area contributed by atoms with Gasteiger partial charge in [-0.05, 0) is 50.3 Å². The number of alkyl halides is 3. The van der Waals surface area contributed by atoms with Gasteiger partial charge >= 0.3 is 12.3 Å². The van der Waals surface area contributed by atoms with E-state index < -0.39 is 34.8 Å². The highest BCUT2D eigenvalue weighted by atomic mass is 32.1. The number of benzene rings is 1. The van der Waals surface area contributed by atoms with E-state index in [0.717, 1.165) is 11.0 Å². The second-order valence-electron chi connectivity index (χ2n) is 7.54. The number of nitriles is 1. The van der Waals surface area contributed by atoms with Crippen LogP contribution in [-0.2, 0) is 15.7 Å². The number of hydrogen-bond donors (Lipinski definition) is 2. The van der Waals surface area contributed by atoms with Crippen molar-refractivity contribution >= 4 is 46.5 Å². The lowest BCUT2D eigenvalue weighted by atomic mass is 10.0. The summed E-state index contributed by atoms with van der Waals surface area (Å²) >= 11 is 5.44. The summed E-state index contributed by atoms with van der Waals surface area (Å²) < 4.78 is 45.1. The molecule has 0 unspecified atom stereocenters. The fourth-order valence-corrected chi connectivity index (χ4v) is 3.83. The molecule has 1 aromatic heterocycles. The van der Waals surface area contributed by atoms with Crippen molar-refractivity contribution in [3.63, 3.8) is 0 Å². The molecule has 0 saturated carbocycles. The summed E-state index contributed by atoms with van der Waals surface area (Å²) in [6.45, 7) is 2.48. The average Bonchev–Trinajstić information content (AvgIpc) is 2.95. The topological polar surface area (TPSA) is 119 Å². The zero-order valence-electron chi connectivity index (χ0n) is 17.9. The van der Waals surface area contributed by atoms with Gasteiger partial charge in [0, 0.05) is 18.0 Å². The lowest BCUT2D eigenvalue weighted by Gasteiger charge is -2.28. The molecule has 34 heavy (non-hydrogen) atoms. The molecule has 2 N–H and O–H groups in total. The van der Waals surface area contributed by atoms with Gasteiger partial charge in [0.2, 0.25) is 0 Å². The van der Waals surface area contributed by atoms with E-state index in [2.05, 4.69) is 10.3 Å². The molecule has 13 heteroatoms. The van der Waals surface area contributed by atoms with E-state index in [1.54, 1.807) is 0 Å². The molecule has 1 fully saturated rings. The van der Waals surface area contributed by atoms with Crippen LogP contribution in [0.15, 0.2) is 36.5 Å². The number of thiocarbonyl (C=S) groups is 1. The number of halogens is 3. The van der Waals surface area contributed by atoms with Gasteiger partial charge in [-0.25, -0.2) is 9.78 Å². The van der Waals surface area contributed by atoms with Crippen LogP contribution >= 0.6 is 12.2 Å². The molecular formula is C21H18F3N5O4S. The number of pyridine rings is 1. The van der Waals surface area contributed by atoms with Gasteiger partial charge in [-0.3, -0.25) is 19.9 Å². The van der Waals surface area contributed by atoms with E-state index in [0.29, 0.717) is 6.07 Å². The molecule has 0 radical (unpaired) electrons. The van der Waals surface area contributed by atoms with Crippen molar-refractivity contribution in [2.45, 2.75) is 25.6 Å². The Hall–Kier alpha value is -3.76. The Morgan fingerprint density at radius 3 is 2.65 bits per heavy atom. The van der Waals surface area contributed by atoms with Crippen LogP contribution < -0.4 is 15.1 Å². The van der Waals surface area contributed by atoms with Gasteiger partial charge in [-0.15, -0.1) is 0 Å². The molecule has 1 aromatic carbocycles. The minimum atomic E-state index is -4.81. The highest BCUT2D eigenvalue weighted by Gasteiger charge is 2.51. The molecular weight excluding hydrogens is 475 g/mol. The molecule has 0 atom stereocenters. The van der Waals surface area contributed by atoms with Crippen molar-refractivity contribution in [1.29, 1.82) is 5.26 Å². The Morgan fingerprint density at radius 1 is 1.32 bits per heavy atom. The van der Waals surface area contributed by atoms with Gasteiger partial charge in [-0.2, -0.15) is 18.4 Å². The Labute approximate surface area is 197 Å². The van der Waals surface area contributed by atoms with Crippen LogP contribution in [0.3, 0.4) is 0 Å². The first-order chi connectivity index (χ1) is 15.9. The molecule has 2 amide bonds. The first-order valence-electron chi connectivity index (χ1n) is 9.72. The number of ether oxygens (including phenoxy) is 1. The maximum absolute atomic E-state index is 13.5. The monoisotopic (exact) mass is 493 g/mol. The van der Waals surface area contributed by atoms with Gasteiger partial charge in [-0.1, -0.05) is 0 Å². The van der Waals surface area contributed by atoms with E-state index >= 15 is 0 Å². The predicted molar refractivity (Wildman–Crippen MR) is 119 cm³/mol. The number of nitrogens with zero attached hydrogens (tertiary/aromatic N) is 4. The number of amides is 2. The average molecular weight is 493 g/mol. The molecule has 9 nitrogen and oxygen atoms in total. The Morgan fingerprint density at radius 2 is 2.03 bits per heavy atom. The summed E-state index contributed by atoms with van der Waals surface area (Å²) in [6.07, 6.45) is -4.30. The predicted octanol–water partition coefficient (Wildman–Crippen LogP) is 3.43. The highest BCUT2D eigenvalue weighted by molar-refractivity contribution is 7.81. The molecule has 1 aliphatic rings. The first-order valence-corrected chi connectivity index (χ1v) is 10.1. The van der Waals surface area contributed by atoms with Crippen LogP contribution in [0, 0.1) is 11.3 Å². The van der Waals surface area contributed by atoms with Crippen molar-refractivity contribution in [2.24, 2.45) is 0 Å². The molecule has 2 heterocycles. The Balaban J connectivity index is 1.99. The quantitative estimate of drug-likeness (QED) is 0.609. The summed E-state index contributed by atoms with van der Waals surface area (Å²) in [5.74, 6) is -0.464. The van der Waals surface area contributed by atoms with Crippen LogP contribution in [0.2, 0.25) is 0 Å². The third kappa shape index (κ3) is 4.63. The molecule has 1 saturated heterocycles. The fraction of sp³-hybridized carbons (Fsp3) is 0.286. The minimum absolute atomic E-state index is 0.139. The van der Waals surface area contributed by atoms with E-state index in [-0.39, 0.29) is 35.5 Å². The number of hydrogen-bond acceptors (Lipinski definition) is 7. The van der Waals surface area contributed by atoms with Crippen molar-refractivity contribution in [2.75, 3.05) is 28.3 Å². The van der Waals surface area contributed by atoms with Gasteiger partial charge in [0.05, 0.1) is 29.5 Å². The number of anilines is 3. The number of aliphatic hydroxyl groups excluding tert-OH is 1. The van der Waals surface area contributed by atoms with Crippen molar-refractivity contribution in [1.82, 2.24) is 4.98 Å². The summed E-state index contributed by atoms with van der Waals surface area (Å²) in [6, 6.07) is 7.23. The smallest absolute Gasteiger partial charge is 0.417 e. The van der Waals surface area contributed by atoms with Crippen molar-refractivity contribution < 1.29 is 32.6 Å². The zero-order chi connectivity index (χ0) is 25.3. The summed E-state index contributed by atoms with van der Waals surface area (Å²) in [5.41, 5.74) is -3.02. The molecule has 0 aliphatic carbocycles. The molecule has 0 bridgehead atoms. The van der Waals surface area contributed by atoms with Crippen molar-refractivity contribution in [3.05, 3.63) is 47.7 Å². The summed E-state index contributed by atoms with van der Waals surface area (Å²) in [7, 11) is 0. The number of nitrogens with one attached hydrogen (secondary N) is 1. The number of aliphatic hydroxyl groups is 1. The molecule has 1 aliphatic heterocycles. The van der Waals surface area contributed by atoms with E-state index in [4.69, 9.17) is 27.3 Å². The maximum atomic E-state index is 13.5. The molecule has 2 aromatic rings. The van der Waals surface area contributed by atoms with Crippen LogP contribution in [0.1, 0.15) is 25.0 Å². The van der Waals surface area contributed by atoms with Crippen molar-refractivity contribution in [3.8, 4) is 6.07 Å². The zero-order valence-corrected chi connectivity index (χ0v) is 18.7. The highest BCUT2D eigenvalue weighted by Crippen LogP contribution is 2.39. The number of carbonyl (C=O) groups is 2. The van der Waals surface area contributed by atoms with Gasteiger partial charge in [0.25, 0.3) is 5.91 Å². The SMILES string of the molecule is CC1(C)C(=O)N(c2ccc(C#N)c(C(F)(F)F)c2)C(=S)N1c1cc(NC(=O)OCCO)ccn1. The minimum Gasteiger partial charge on any atom is -0.447 e. The summed E-state index contributed by atoms with van der Waals surface area (Å²) in [5, 5.41) is 20.1. The number of aromatic nitrogens is 1. The Bertz CT molecular complexity index is 1200. The van der Waals surface area contributed by atoms with Crippen LogP contribution in [-0.4, -0.2) is 46.0 Å². The van der Waals surface area contributed by atoms with E-state index in [1.165, 1.54) is 49.2 Å². The third-order valence-corrected chi connectivity index (χ3v) is 5.27. The second kappa shape index (κ2) is 9.24. The molecule has 3 rings (SSSR count). The van der Waals surface area contributed by atoms with Crippen LogP contribution in [0.25, 0.3) is 0 Å². The van der Waals surface area contributed by atoms with Crippen LogP contribution in [0.5, 0.6) is 0 Å². The van der Waals surface area contributed by atoms with Crippen LogP contribution in [0.4, 0.5) is 35.2 Å². The molecule has 178 valence electrons. The number of rotatable bonds is 5. The summed E-state index contributed by atoms with van der Waals surface area (Å²) in [4.78, 5) is 31.5. The third-order valence-electron chi connectivity index (χ3n) is 4.90. The van der Waals surface area contributed by atoms with Gasteiger partial charge in [0.15, 0.2) is 5.11 Å².